The van der Waals surface area contributed by atoms with Gasteiger partial charge in [0.05, 0.1) is 11.3 Å². The minimum Gasteiger partial charge on any atom is -0.399 e. The van der Waals surface area contributed by atoms with E-state index in [4.69, 9.17) is 11.0 Å². The molecule has 0 saturated carbocycles. The summed E-state index contributed by atoms with van der Waals surface area (Å²) in [5.41, 5.74) is 7.05. The maximum atomic E-state index is 12.7. The molecule has 0 radical (unpaired) electrons. The van der Waals surface area contributed by atoms with E-state index in [2.05, 4.69) is 10.6 Å². The number of nitrogens with one attached hydrogen (secondary N) is 2. The lowest BCUT2D eigenvalue weighted by atomic mass is 10.2. The number of halogens is 1. The molecular weight excluding hydrogens is 259 g/mol. The Morgan fingerprint density at radius 3 is 2.50 bits per heavy atom. The summed E-state index contributed by atoms with van der Waals surface area (Å²) in [6.45, 7) is 0. The summed E-state index contributed by atoms with van der Waals surface area (Å²) in [7, 11) is 0. The third-order valence-corrected chi connectivity index (χ3v) is 2.51. The van der Waals surface area contributed by atoms with Crippen LogP contribution in [0.3, 0.4) is 0 Å². The highest BCUT2D eigenvalue weighted by atomic mass is 19.1. The minimum atomic E-state index is -0.530. The van der Waals surface area contributed by atoms with Gasteiger partial charge in [-0.05, 0) is 42.5 Å². The molecule has 0 unspecified atom stereocenters. The van der Waals surface area contributed by atoms with Crippen molar-refractivity contribution in [2.45, 2.75) is 0 Å². The van der Waals surface area contributed by atoms with Crippen LogP contribution in [0.2, 0.25) is 0 Å². The molecule has 2 amide bonds. The second-order valence-electron chi connectivity index (χ2n) is 4.00. The molecule has 4 N–H and O–H groups in total. The van der Waals surface area contributed by atoms with Crippen LogP contribution in [0.15, 0.2) is 42.5 Å². The molecule has 0 aromatic heterocycles. The van der Waals surface area contributed by atoms with Crippen LogP contribution in [-0.4, -0.2) is 6.03 Å². The van der Waals surface area contributed by atoms with E-state index in [0.29, 0.717) is 17.1 Å². The Labute approximate surface area is 114 Å². The van der Waals surface area contributed by atoms with E-state index in [1.807, 2.05) is 6.07 Å². The first-order chi connectivity index (χ1) is 9.58. The van der Waals surface area contributed by atoms with Gasteiger partial charge in [-0.15, -0.1) is 0 Å². The maximum Gasteiger partial charge on any atom is 0.323 e. The van der Waals surface area contributed by atoms with E-state index in [-0.39, 0.29) is 11.4 Å². The molecule has 20 heavy (non-hydrogen) atoms. The van der Waals surface area contributed by atoms with Gasteiger partial charge >= 0.3 is 6.03 Å². The summed E-state index contributed by atoms with van der Waals surface area (Å²) >= 11 is 0. The number of anilines is 3. The molecule has 0 aliphatic heterocycles. The third kappa shape index (κ3) is 3.23. The van der Waals surface area contributed by atoms with Crippen LogP contribution in [0.25, 0.3) is 0 Å². The fourth-order valence-electron chi connectivity index (χ4n) is 1.58. The quantitative estimate of drug-likeness (QED) is 0.733. The number of rotatable bonds is 2. The molecule has 6 heteroatoms. The second-order valence-corrected chi connectivity index (χ2v) is 4.00. The highest BCUT2D eigenvalue weighted by Crippen LogP contribution is 2.18. The first kappa shape index (κ1) is 13.4. The number of carbonyl (C=O) groups excluding carboxylic acids is 1. The molecule has 0 heterocycles. The van der Waals surface area contributed by atoms with E-state index >= 15 is 0 Å². The predicted octanol–water partition coefficient (Wildman–Crippen LogP) is 2.92. The van der Waals surface area contributed by atoms with Gasteiger partial charge in [-0.3, -0.25) is 0 Å². The van der Waals surface area contributed by atoms with Crippen molar-refractivity contribution in [1.29, 1.82) is 5.26 Å². The average molecular weight is 270 g/mol. The molecule has 100 valence electrons. The van der Waals surface area contributed by atoms with Crippen molar-refractivity contribution < 1.29 is 9.18 Å². The van der Waals surface area contributed by atoms with Gasteiger partial charge in [0.2, 0.25) is 0 Å². The van der Waals surface area contributed by atoms with Crippen LogP contribution in [0.5, 0.6) is 0 Å². The van der Waals surface area contributed by atoms with Crippen molar-refractivity contribution in [3.05, 3.63) is 53.8 Å². The smallest absolute Gasteiger partial charge is 0.323 e. The topological polar surface area (TPSA) is 90.9 Å². The average Bonchev–Trinajstić information content (AvgIpc) is 2.43. The zero-order valence-electron chi connectivity index (χ0n) is 10.4. The molecule has 5 nitrogen and oxygen atoms in total. The number of nitrogens with zero attached hydrogens (tertiary/aromatic N) is 1. The van der Waals surface area contributed by atoms with Crippen molar-refractivity contribution in [1.82, 2.24) is 0 Å². The van der Waals surface area contributed by atoms with Gasteiger partial charge in [0.25, 0.3) is 0 Å². The Balaban J connectivity index is 2.09. The Kier molecular flexibility index (Phi) is 3.82. The molecule has 2 aromatic rings. The van der Waals surface area contributed by atoms with Crippen molar-refractivity contribution in [3.8, 4) is 6.07 Å². The van der Waals surface area contributed by atoms with Crippen LogP contribution in [0.4, 0.5) is 26.2 Å². The zero-order valence-corrected chi connectivity index (χ0v) is 10.4. The van der Waals surface area contributed by atoms with Crippen LogP contribution in [0.1, 0.15) is 5.56 Å². The molecule has 0 atom stereocenters. The normalized spacial score (nSPS) is 9.60. The van der Waals surface area contributed by atoms with Gasteiger partial charge in [-0.1, -0.05) is 0 Å². The molecule has 0 aliphatic carbocycles. The largest absolute Gasteiger partial charge is 0.399 e. The van der Waals surface area contributed by atoms with Crippen LogP contribution in [0, 0.1) is 17.1 Å². The number of hydrogen-bond acceptors (Lipinski definition) is 3. The fraction of sp³-hybridized carbons (Fsp3) is 0. The van der Waals surface area contributed by atoms with Crippen molar-refractivity contribution in [3.63, 3.8) is 0 Å². The summed E-state index contributed by atoms with van der Waals surface area (Å²) in [5, 5.41) is 14.0. The standard InChI is InChI=1S/C14H11FN4O/c15-10-1-4-12(5-2-10)18-14(20)19-13-6-3-11(17)7-9(13)8-16/h1-7H,17H2,(H2,18,19,20). The van der Waals surface area contributed by atoms with Gasteiger partial charge in [0, 0.05) is 11.4 Å². The summed E-state index contributed by atoms with van der Waals surface area (Å²) in [4.78, 5) is 11.8. The zero-order chi connectivity index (χ0) is 14.5. The van der Waals surface area contributed by atoms with E-state index in [1.165, 1.54) is 36.4 Å². The first-order valence-electron chi connectivity index (χ1n) is 5.71. The number of benzene rings is 2. The summed E-state index contributed by atoms with van der Waals surface area (Å²) in [6, 6.07) is 11.3. The Morgan fingerprint density at radius 1 is 1.15 bits per heavy atom. The number of amides is 2. The lowest BCUT2D eigenvalue weighted by Gasteiger charge is -2.09. The molecule has 0 spiro atoms. The number of nitriles is 1. The van der Waals surface area contributed by atoms with Crippen LogP contribution >= 0.6 is 0 Å². The third-order valence-electron chi connectivity index (χ3n) is 2.51. The number of urea groups is 1. The summed E-state index contributed by atoms with van der Waals surface area (Å²) in [6.07, 6.45) is 0. The van der Waals surface area contributed by atoms with Gasteiger partial charge in [-0.25, -0.2) is 9.18 Å². The molecule has 2 aromatic carbocycles. The molecular formula is C14H11FN4O. The molecule has 0 aliphatic rings. The highest BCUT2D eigenvalue weighted by Gasteiger charge is 2.07. The Morgan fingerprint density at radius 2 is 1.85 bits per heavy atom. The lowest BCUT2D eigenvalue weighted by Crippen LogP contribution is -2.20. The minimum absolute atomic E-state index is 0.263. The molecule has 2 rings (SSSR count). The Hall–Kier alpha value is -3.07. The van der Waals surface area contributed by atoms with Gasteiger partial charge in [0.15, 0.2) is 0 Å². The maximum absolute atomic E-state index is 12.7. The van der Waals surface area contributed by atoms with Crippen LogP contribution in [-0.2, 0) is 0 Å². The molecule has 0 bridgehead atoms. The van der Waals surface area contributed by atoms with Crippen molar-refractivity contribution in [2.24, 2.45) is 0 Å². The Bertz CT molecular complexity index is 677. The van der Waals surface area contributed by atoms with Gasteiger partial charge < -0.3 is 16.4 Å². The highest BCUT2D eigenvalue weighted by molar-refractivity contribution is 6.00. The molecule has 0 saturated heterocycles. The van der Waals surface area contributed by atoms with E-state index in [1.54, 1.807) is 6.07 Å². The van der Waals surface area contributed by atoms with Crippen LogP contribution < -0.4 is 16.4 Å². The molecule has 0 fully saturated rings. The number of hydrogen-bond donors (Lipinski definition) is 3. The first-order valence-corrected chi connectivity index (χ1v) is 5.71. The van der Waals surface area contributed by atoms with Gasteiger partial charge in [0.1, 0.15) is 11.9 Å². The van der Waals surface area contributed by atoms with E-state index in [9.17, 15) is 9.18 Å². The van der Waals surface area contributed by atoms with Gasteiger partial charge in [-0.2, -0.15) is 5.26 Å². The fourth-order valence-corrected chi connectivity index (χ4v) is 1.58. The number of nitrogens with two attached hydrogens (primary N) is 1. The SMILES string of the molecule is N#Cc1cc(N)ccc1NC(=O)Nc1ccc(F)cc1. The summed E-state index contributed by atoms with van der Waals surface area (Å²) in [5.74, 6) is -0.388. The lowest BCUT2D eigenvalue weighted by molar-refractivity contribution is 0.262. The summed E-state index contributed by atoms with van der Waals surface area (Å²) < 4.78 is 12.7. The second kappa shape index (κ2) is 5.71. The number of carbonyl (C=O) groups is 1. The van der Waals surface area contributed by atoms with Crippen molar-refractivity contribution in [2.75, 3.05) is 16.4 Å². The van der Waals surface area contributed by atoms with E-state index < -0.39 is 6.03 Å². The van der Waals surface area contributed by atoms with E-state index in [0.717, 1.165) is 0 Å². The van der Waals surface area contributed by atoms with Crippen molar-refractivity contribution >= 4 is 23.1 Å². The number of nitrogen functional groups attached to an aromatic ring is 1. The predicted molar refractivity (Wildman–Crippen MR) is 74.6 cm³/mol. The monoisotopic (exact) mass is 270 g/mol.